The molecule has 0 fully saturated rings. The fraction of sp³-hybridized carbons (Fsp3) is 0.455. The minimum atomic E-state index is -1.29. The smallest absolute Gasteiger partial charge is 0.418 e. The molecule has 2 aromatic rings. The number of carbonyl (C=O) groups excluding carboxylic acids is 2. The summed E-state index contributed by atoms with van der Waals surface area (Å²) in [6.07, 6.45) is 4.13. The van der Waals surface area contributed by atoms with Gasteiger partial charge < -0.3 is 9.47 Å². The maximum absolute atomic E-state index is 12.7. The second kappa shape index (κ2) is 10.6. The van der Waals surface area contributed by atoms with Crippen molar-refractivity contribution < 1.29 is 19.1 Å². The van der Waals surface area contributed by atoms with Crippen molar-refractivity contribution in [1.82, 2.24) is 9.88 Å². The van der Waals surface area contributed by atoms with Crippen molar-refractivity contribution in [3.63, 3.8) is 0 Å². The van der Waals surface area contributed by atoms with Crippen molar-refractivity contribution in [2.45, 2.75) is 51.4 Å². The van der Waals surface area contributed by atoms with Gasteiger partial charge in [-0.25, -0.2) is 9.59 Å². The summed E-state index contributed by atoms with van der Waals surface area (Å²) in [4.78, 5) is 24.6. The number of carbonyl (C=O) groups is 2. The van der Waals surface area contributed by atoms with E-state index in [1.54, 1.807) is 12.3 Å². The van der Waals surface area contributed by atoms with Crippen LogP contribution in [0, 0.1) is 0 Å². The molecule has 6 nitrogen and oxygen atoms in total. The Kier molecular flexibility index (Phi) is 8.73. The molecule has 1 amide bonds. The topological polar surface area (TPSA) is 69.6 Å². The molecule has 9 heteroatoms. The molecule has 1 aromatic carbocycles. The molecule has 0 aliphatic carbocycles. The number of amides is 1. The summed E-state index contributed by atoms with van der Waals surface area (Å²) >= 11 is 3.46. The van der Waals surface area contributed by atoms with Gasteiger partial charge in [0.05, 0.1) is 18.7 Å². The average Bonchev–Trinajstić information content (AvgIpc) is 2.97. The van der Waals surface area contributed by atoms with Gasteiger partial charge in [-0.2, -0.15) is 0 Å². The Balaban J connectivity index is 2.09. The molecule has 0 aliphatic rings. The Labute approximate surface area is 195 Å². The van der Waals surface area contributed by atoms with Gasteiger partial charge >= 0.3 is 12.2 Å². The lowest BCUT2D eigenvalue weighted by atomic mass is 10.2. The fourth-order valence-corrected chi connectivity index (χ4v) is 4.49. The number of nitrogens with zero attached hydrogens (tertiary/aromatic N) is 1. The van der Waals surface area contributed by atoms with Crippen molar-refractivity contribution in [2.24, 2.45) is 0 Å². The summed E-state index contributed by atoms with van der Waals surface area (Å²) in [5, 5.41) is 3.51. The molecule has 0 bridgehead atoms. The van der Waals surface area contributed by atoms with Crippen LogP contribution in [0.2, 0.25) is 51.4 Å². The molecule has 31 heavy (non-hydrogen) atoms. The number of hydrogen-bond acceptors (Lipinski definition) is 4. The van der Waals surface area contributed by atoms with Gasteiger partial charge in [-0.1, -0.05) is 61.3 Å². The van der Waals surface area contributed by atoms with Crippen molar-refractivity contribution in [3.8, 4) is 0 Å². The number of halogens is 1. The normalized spacial score (nSPS) is 12.4. The molecule has 170 valence electrons. The van der Waals surface area contributed by atoms with Gasteiger partial charge in [0, 0.05) is 44.0 Å². The zero-order valence-electron chi connectivity index (χ0n) is 19.3. The summed E-state index contributed by atoms with van der Waals surface area (Å²) in [5.41, 5.74) is 1.54. The molecule has 0 unspecified atom stereocenters. The van der Waals surface area contributed by atoms with Gasteiger partial charge in [0.25, 0.3) is 0 Å². The average molecular weight is 526 g/mol. The quantitative estimate of drug-likeness (QED) is 0.387. The largest absolute Gasteiger partial charge is 0.450 e. The number of benzene rings is 1. The predicted molar refractivity (Wildman–Crippen MR) is 136 cm³/mol. The zero-order valence-corrected chi connectivity index (χ0v) is 22.8. The van der Waals surface area contributed by atoms with Crippen molar-refractivity contribution in [3.05, 3.63) is 40.6 Å². The maximum Gasteiger partial charge on any atom is 0.418 e. The van der Waals surface area contributed by atoms with Gasteiger partial charge in [-0.3, -0.25) is 9.88 Å². The molecule has 0 atom stereocenters. The third kappa shape index (κ3) is 8.66. The molecule has 0 saturated heterocycles. The summed E-state index contributed by atoms with van der Waals surface area (Å²) in [7, 11) is -2.53. The highest BCUT2D eigenvalue weighted by atomic mass is 79.9. The van der Waals surface area contributed by atoms with E-state index in [9.17, 15) is 9.59 Å². The summed E-state index contributed by atoms with van der Waals surface area (Å²) in [5.74, 6) is 0. The molecule has 1 aromatic heterocycles. The first-order valence-electron chi connectivity index (χ1n) is 10.4. The monoisotopic (exact) mass is 524 g/mol. The molecule has 0 aliphatic heterocycles. The Morgan fingerprint density at radius 2 is 1.65 bits per heavy atom. The Morgan fingerprint density at radius 1 is 1.03 bits per heavy atom. The standard InChI is InChI=1S/C22H33BrN2O4Si2/c1-30(2,3)13-11-28-21(26)24-10-9-17-16-25(20-15-18(23)7-8-19(17)20)22(27)29-12-14-31(4,5)6/h7-10,15-16H,11-14H2,1-6H3,(H,24,26)/b10-9+. The molecule has 0 spiro atoms. The number of ether oxygens (including phenoxy) is 2. The lowest BCUT2D eigenvalue weighted by molar-refractivity contribution is 0.154. The molecule has 0 radical (unpaired) electrons. The number of alkyl carbamates (subject to hydrolysis) is 1. The van der Waals surface area contributed by atoms with Crippen molar-refractivity contribution in [1.29, 1.82) is 0 Å². The van der Waals surface area contributed by atoms with Gasteiger partial charge in [-0.05, 0) is 30.3 Å². The predicted octanol–water partition coefficient (Wildman–Crippen LogP) is 6.76. The van der Waals surface area contributed by atoms with E-state index in [1.165, 1.54) is 10.8 Å². The first kappa shape index (κ1) is 25.4. The number of hydrogen-bond donors (Lipinski definition) is 1. The minimum absolute atomic E-state index is 0.403. The summed E-state index contributed by atoms with van der Waals surface area (Å²) in [6.45, 7) is 14.3. The highest BCUT2D eigenvalue weighted by Crippen LogP contribution is 2.26. The van der Waals surface area contributed by atoms with Crippen LogP contribution < -0.4 is 5.32 Å². The molecule has 1 heterocycles. The first-order valence-corrected chi connectivity index (χ1v) is 18.6. The Hall–Kier alpha value is -1.85. The van der Waals surface area contributed by atoms with E-state index in [0.29, 0.717) is 13.2 Å². The SMILES string of the molecule is C[Si](C)(C)CCOC(=O)N/C=C/c1cn(C(=O)OCC[Si](C)(C)C)c2cc(Br)ccc12. The van der Waals surface area contributed by atoms with Crippen LogP contribution in [0.3, 0.4) is 0 Å². The Bertz CT molecular complexity index is 959. The van der Waals surface area contributed by atoms with E-state index in [2.05, 4.69) is 60.5 Å². The van der Waals surface area contributed by atoms with E-state index in [1.807, 2.05) is 18.2 Å². The number of aromatic nitrogens is 1. The second-order valence-corrected chi connectivity index (χ2v) is 22.1. The van der Waals surface area contributed by atoms with Crippen LogP contribution in [0.5, 0.6) is 0 Å². The van der Waals surface area contributed by atoms with E-state index < -0.39 is 28.3 Å². The van der Waals surface area contributed by atoms with Gasteiger partial charge in [0.15, 0.2) is 0 Å². The van der Waals surface area contributed by atoms with E-state index in [4.69, 9.17) is 9.47 Å². The van der Waals surface area contributed by atoms with Crippen molar-refractivity contribution in [2.75, 3.05) is 13.2 Å². The van der Waals surface area contributed by atoms with Crippen LogP contribution in [-0.2, 0) is 9.47 Å². The van der Waals surface area contributed by atoms with Crippen LogP contribution in [0.1, 0.15) is 5.56 Å². The van der Waals surface area contributed by atoms with Crippen molar-refractivity contribution >= 4 is 61.2 Å². The van der Waals surface area contributed by atoms with Gasteiger partial charge in [-0.15, -0.1) is 0 Å². The van der Waals surface area contributed by atoms with E-state index in [-0.39, 0.29) is 0 Å². The van der Waals surface area contributed by atoms with Crippen LogP contribution in [0.25, 0.3) is 17.0 Å². The van der Waals surface area contributed by atoms with Crippen LogP contribution in [-0.4, -0.2) is 46.1 Å². The third-order valence-corrected chi connectivity index (χ3v) is 8.52. The molecular formula is C22H33BrN2O4Si2. The number of fused-ring (bicyclic) bond motifs is 1. The highest BCUT2D eigenvalue weighted by molar-refractivity contribution is 9.10. The minimum Gasteiger partial charge on any atom is -0.450 e. The number of rotatable bonds is 8. The van der Waals surface area contributed by atoms with E-state index >= 15 is 0 Å². The van der Waals surface area contributed by atoms with Crippen LogP contribution in [0.4, 0.5) is 9.59 Å². The zero-order chi connectivity index (χ0) is 23.2. The fourth-order valence-electron chi connectivity index (χ4n) is 2.72. The van der Waals surface area contributed by atoms with Crippen LogP contribution >= 0.6 is 15.9 Å². The first-order chi connectivity index (χ1) is 14.4. The number of nitrogens with one attached hydrogen (secondary N) is 1. The van der Waals surface area contributed by atoms with Gasteiger partial charge in [0.2, 0.25) is 0 Å². The lowest BCUT2D eigenvalue weighted by Gasteiger charge is -2.15. The molecule has 2 rings (SSSR count). The van der Waals surface area contributed by atoms with Gasteiger partial charge in [0.1, 0.15) is 0 Å². The maximum atomic E-state index is 12.7. The molecule has 1 N–H and O–H groups in total. The highest BCUT2D eigenvalue weighted by Gasteiger charge is 2.17. The lowest BCUT2D eigenvalue weighted by Crippen LogP contribution is -2.25. The third-order valence-electron chi connectivity index (χ3n) is 4.62. The molecular weight excluding hydrogens is 492 g/mol. The Morgan fingerprint density at radius 3 is 2.26 bits per heavy atom. The summed E-state index contributed by atoms with van der Waals surface area (Å²) in [6, 6.07) is 7.56. The van der Waals surface area contributed by atoms with E-state index in [0.717, 1.165) is 33.0 Å². The molecule has 0 saturated carbocycles. The summed E-state index contributed by atoms with van der Waals surface area (Å²) < 4.78 is 13.1. The van der Waals surface area contributed by atoms with Crippen LogP contribution in [0.15, 0.2) is 35.1 Å². The second-order valence-electron chi connectivity index (χ2n) is 9.97.